The third-order valence-corrected chi connectivity index (χ3v) is 9.54. The number of hydrogen-bond acceptors (Lipinski definition) is 6. The third-order valence-electron chi connectivity index (χ3n) is 9.05. The molecule has 0 radical (unpaired) electrons. The Morgan fingerprint density at radius 1 is 0.481 bits per heavy atom. The quantitative estimate of drug-likeness (QED) is 0.0274. The van der Waals surface area contributed by atoms with Crippen molar-refractivity contribution in [1.29, 1.82) is 0 Å². The maximum absolute atomic E-state index is 12.4. The second-order valence-electron chi connectivity index (χ2n) is 14.3. The Labute approximate surface area is 330 Å². The molecule has 0 aliphatic rings. The molecule has 0 heterocycles. The van der Waals surface area contributed by atoms with Crippen LogP contribution in [0.2, 0.25) is 0 Å². The lowest BCUT2D eigenvalue weighted by Gasteiger charge is -2.18. The molecule has 0 amide bonds. The summed E-state index contributed by atoms with van der Waals surface area (Å²) < 4.78 is 26.3. The summed E-state index contributed by atoms with van der Waals surface area (Å²) in [6, 6.07) is 0. The molecule has 0 bridgehead atoms. The van der Waals surface area contributed by atoms with E-state index in [0.717, 1.165) is 44.9 Å². The molecule has 0 aromatic heterocycles. The van der Waals surface area contributed by atoms with E-state index in [4.69, 9.17) is 19.3 Å². The topological polar surface area (TPSA) is 119 Å². The lowest BCUT2D eigenvalue weighted by molar-refractivity contribution is -0.161. The Kier molecular flexibility index (Phi) is 38.7. The van der Waals surface area contributed by atoms with Gasteiger partial charge in [0, 0.05) is 12.8 Å². The predicted molar refractivity (Wildman–Crippen MR) is 225 cm³/mol. The number of ether oxygens (including phenoxy) is 2. The number of esters is 2. The normalized spacial score (nSPS) is 13.0. The van der Waals surface area contributed by atoms with Crippen molar-refractivity contribution in [3.8, 4) is 0 Å². The number of hydrogen-bond donors (Lipinski definition) is 2. The molecular weight excluding hydrogens is 699 g/mol. The molecule has 0 aromatic carbocycles. The fourth-order valence-corrected chi connectivity index (χ4v) is 6.19. The SMILES string of the molecule is CCCCC/C=C\C/C=C\C/C=C\C/C=C\C/C=C\CCC(=O)OC[C@H](COP(=O)(O)O)OC(=O)CCCCCCCCCCCCCCCCCCC. The van der Waals surface area contributed by atoms with Crippen LogP contribution in [-0.4, -0.2) is 41.0 Å². The van der Waals surface area contributed by atoms with E-state index in [1.54, 1.807) is 0 Å². The summed E-state index contributed by atoms with van der Waals surface area (Å²) in [5.41, 5.74) is 0. The highest BCUT2D eigenvalue weighted by Crippen LogP contribution is 2.36. The Bertz CT molecular complexity index is 1060. The molecule has 0 aromatic rings. The standard InChI is InChI=1S/C45H79O8P/c1-3-5-7-9-11-13-15-17-19-21-22-24-25-27-29-31-33-35-37-39-44(46)51-41-43(42-52-54(48,49)50)53-45(47)40-38-36-34-32-30-28-26-23-20-18-16-14-12-10-8-6-4-2/h11,13,17,19,22,24,27,29,33,35,43H,3-10,12,14-16,18,20-21,23,25-26,28,30-32,34,36-42H2,1-2H3,(H2,48,49,50)/b13-11-,19-17-,24-22-,29-27-,35-33-/t43-/m1/s1. The van der Waals surface area contributed by atoms with Crippen molar-refractivity contribution in [1.82, 2.24) is 0 Å². The van der Waals surface area contributed by atoms with Gasteiger partial charge in [-0.25, -0.2) is 4.57 Å². The van der Waals surface area contributed by atoms with Gasteiger partial charge in [-0.2, -0.15) is 0 Å². The lowest BCUT2D eigenvalue weighted by Crippen LogP contribution is -2.29. The molecule has 0 saturated heterocycles. The van der Waals surface area contributed by atoms with Gasteiger partial charge in [0.25, 0.3) is 0 Å². The van der Waals surface area contributed by atoms with Gasteiger partial charge in [0.05, 0.1) is 6.61 Å². The number of phosphoric ester groups is 1. The first-order valence-electron chi connectivity index (χ1n) is 21.6. The molecule has 54 heavy (non-hydrogen) atoms. The van der Waals surface area contributed by atoms with Gasteiger partial charge in [-0.1, -0.05) is 190 Å². The second-order valence-corrected chi connectivity index (χ2v) is 15.6. The number of rotatable bonds is 39. The van der Waals surface area contributed by atoms with Crippen LogP contribution in [0.1, 0.15) is 194 Å². The maximum atomic E-state index is 12.4. The first kappa shape index (κ1) is 51.8. The van der Waals surface area contributed by atoms with Gasteiger partial charge < -0.3 is 19.3 Å². The van der Waals surface area contributed by atoms with Gasteiger partial charge in [0.2, 0.25) is 0 Å². The molecule has 1 atom stereocenters. The van der Waals surface area contributed by atoms with Gasteiger partial charge in [-0.05, 0) is 51.4 Å². The van der Waals surface area contributed by atoms with Crippen molar-refractivity contribution >= 4 is 19.8 Å². The van der Waals surface area contributed by atoms with Crippen LogP contribution in [0.4, 0.5) is 0 Å². The average molecular weight is 779 g/mol. The molecule has 312 valence electrons. The molecule has 0 fully saturated rings. The summed E-state index contributed by atoms with van der Waals surface area (Å²) in [6.07, 6.45) is 51.0. The molecule has 0 unspecified atom stereocenters. The van der Waals surface area contributed by atoms with Crippen molar-refractivity contribution < 1.29 is 37.9 Å². The summed E-state index contributed by atoms with van der Waals surface area (Å²) in [5, 5.41) is 0. The number of allylic oxidation sites excluding steroid dienone is 10. The summed E-state index contributed by atoms with van der Waals surface area (Å²) in [4.78, 5) is 42.8. The van der Waals surface area contributed by atoms with E-state index in [0.29, 0.717) is 12.8 Å². The summed E-state index contributed by atoms with van der Waals surface area (Å²) >= 11 is 0. The highest BCUT2D eigenvalue weighted by atomic mass is 31.2. The molecule has 8 nitrogen and oxygen atoms in total. The minimum absolute atomic E-state index is 0.143. The Morgan fingerprint density at radius 3 is 1.31 bits per heavy atom. The van der Waals surface area contributed by atoms with Crippen LogP contribution in [-0.2, 0) is 28.2 Å². The first-order valence-corrected chi connectivity index (χ1v) is 23.1. The van der Waals surface area contributed by atoms with E-state index >= 15 is 0 Å². The smallest absolute Gasteiger partial charge is 0.462 e. The molecule has 0 spiro atoms. The number of unbranched alkanes of at least 4 members (excludes halogenated alkanes) is 19. The van der Waals surface area contributed by atoms with Gasteiger partial charge in [0.15, 0.2) is 6.10 Å². The van der Waals surface area contributed by atoms with E-state index in [9.17, 15) is 14.2 Å². The lowest BCUT2D eigenvalue weighted by atomic mass is 10.0. The molecular formula is C45H79O8P. The van der Waals surface area contributed by atoms with E-state index in [-0.39, 0.29) is 19.4 Å². The van der Waals surface area contributed by atoms with E-state index in [2.05, 4.69) is 67.0 Å². The predicted octanol–water partition coefficient (Wildman–Crippen LogP) is 13.3. The zero-order valence-corrected chi connectivity index (χ0v) is 35.2. The van der Waals surface area contributed by atoms with Gasteiger partial charge in [-0.3, -0.25) is 14.1 Å². The van der Waals surface area contributed by atoms with Crippen LogP contribution in [0.5, 0.6) is 0 Å². The molecule has 0 aliphatic carbocycles. The number of carbonyl (C=O) groups excluding carboxylic acids is 2. The van der Waals surface area contributed by atoms with Gasteiger partial charge >= 0.3 is 19.8 Å². The Morgan fingerprint density at radius 2 is 0.870 bits per heavy atom. The van der Waals surface area contributed by atoms with Gasteiger partial charge in [0.1, 0.15) is 6.61 Å². The van der Waals surface area contributed by atoms with Crippen molar-refractivity contribution in [2.75, 3.05) is 13.2 Å². The first-order chi connectivity index (χ1) is 26.3. The fraction of sp³-hybridized carbons (Fsp3) is 0.733. The van der Waals surface area contributed by atoms with Crippen molar-refractivity contribution in [3.05, 3.63) is 60.8 Å². The highest BCUT2D eigenvalue weighted by Gasteiger charge is 2.22. The molecule has 0 rings (SSSR count). The van der Waals surface area contributed by atoms with Gasteiger partial charge in [-0.15, -0.1) is 0 Å². The van der Waals surface area contributed by atoms with Crippen LogP contribution in [0, 0.1) is 0 Å². The largest absolute Gasteiger partial charge is 0.469 e. The van der Waals surface area contributed by atoms with Crippen LogP contribution >= 0.6 is 7.82 Å². The second kappa shape index (κ2) is 40.4. The molecule has 2 N–H and O–H groups in total. The maximum Gasteiger partial charge on any atom is 0.469 e. The molecule has 0 aliphatic heterocycles. The zero-order valence-electron chi connectivity index (χ0n) is 34.4. The van der Waals surface area contributed by atoms with E-state index < -0.39 is 32.5 Å². The van der Waals surface area contributed by atoms with Crippen molar-refractivity contribution in [3.63, 3.8) is 0 Å². The molecule has 9 heteroatoms. The van der Waals surface area contributed by atoms with Crippen LogP contribution < -0.4 is 0 Å². The minimum Gasteiger partial charge on any atom is -0.462 e. The third kappa shape index (κ3) is 42.5. The van der Waals surface area contributed by atoms with E-state index in [1.807, 2.05) is 12.2 Å². The van der Waals surface area contributed by atoms with Crippen molar-refractivity contribution in [2.45, 2.75) is 200 Å². The minimum atomic E-state index is -4.77. The van der Waals surface area contributed by atoms with Crippen LogP contribution in [0.15, 0.2) is 60.8 Å². The van der Waals surface area contributed by atoms with Crippen molar-refractivity contribution in [2.24, 2.45) is 0 Å². The summed E-state index contributed by atoms with van der Waals surface area (Å²) in [6.45, 7) is 3.60. The monoisotopic (exact) mass is 779 g/mol. The Hall–Kier alpha value is -2.25. The molecule has 0 saturated carbocycles. The summed E-state index contributed by atoms with van der Waals surface area (Å²) in [5.74, 6) is -0.978. The highest BCUT2D eigenvalue weighted by molar-refractivity contribution is 7.46. The Balaban J connectivity index is 4.02. The average Bonchev–Trinajstić information content (AvgIpc) is 3.14. The summed E-state index contributed by atoms with van der Waals surface area (Å²) in [7, 11) is -4.77. The van der Waals surface area contributed by atoms with E-state index in [1.165, 1.54) is 109 Å². The fourth-order valence-electron chi connectivity index (χ4n) is 5.83. The van der Waals surface area contributed by atoms with Crippen LogP contribution in [0.25, 0.3) is 0 Å². The van der Waals surface area contributed by atoms with Crippen LogP contribution in [0.3, 0.4) is 0 Å². The zero-order chi connectivity index (χ0) is 39.6. The number of carbonyl (C=O) groups is 2. The number of phosphoric acid groups is 1.